The zero-order chi connectivity index (χ0) is 17.7. The van der Waals surface area contributed by atoms with Gasteiger partial charge in [0.2, 0.25) is 5.91 Å². The van der Waals surface area contributed by atoms with Crippen LogP contribution in [0, 0.1) is 0 Å². The Kier molecular flexibility index (Phi) is 5.21. The van der Waals surface area contributed by atoms with E-state index < -0.39 is 5.60 Å². The van der Waals surface area contributed by atoms with Crippen molar-refractivity contribution >= 4 is 17.2 Å². The van der Waals surface area contributed by atoms with E-state index in [1.165, 1.54) is 17.6 Å². The van der Waals surface area contributed by atoms with Crippen molar-refractivity contribution in [3.63, 3.8) is 0 Å². The van der Waals surface area contributed by atoms with Crippen LogP contribution in [0.15, 0.2) is 64.6 Å². The Hall–Kier alpha value is -2.57. The van der Waals surface area contributed by atoms with Crippen LogP contribution in [0.1, 0.15) is 16.2 Å². The van der Waals surface area contributed by atoms with Crippen molar-refractivity contribution in [2.75, 3.05) is 13.7 Å². The Bertz CT molecular complexity index is 778. The topological polar surface area (TPSA) is 71.7 Å². The lowest BCUT2D eigenvalue weighted by atomic mass is 9.98. The molecule has 0 aliphatic carbocycles. The number of methoxy groups -OCH3 is 1. The molecule has 0 saturated heterocycles. The molecule has 1 aromatic carbocycles. The predicted octanol–water partition coefficient (Wildman–Crippen LogP) is 2.94. The van der Waals surface area contributed by atoms with Crippen LogP contribution < -0.4 is 10.1 Å². The minimum absolute atomic E-state index is 0.0316. The van der Waals surface area contributed by atoms with Crippen LogP contribution in [0.3, 0.4) is 0 Å². The molecule has 0 spiro atoms. The number of nitrogens with one attached hydrogen (secondary N) is 1. The third-order valence-electron chi connectivity index (χ3n) is 3.90. The van der Waals surface area contributed by atoms with Crippen LogP contribution >= 0.6 is 11.3 Å². The van der Waals surface area contributed by atoms with Crippen LogP contribution in [-0.2, 0) is 16.8 Å². The number of aliphatic hydroxyl groups is 1. The Balaban J connectivity index is 1.70. The van der Waals surface area contributed by atoms with E-state index in [-0.39, 0.29) is 18.9 Å². The van der Waals surface area contributed by atoms with E-state index in [1.54, 1.807) is 19.2 Å². The first kappa shape index (κ1) is 17.3. The molecule has 130 valence electrons. The number of thiophene rings is 1. The Morgan fingerprint density at radius 2 is 2.16 bits per heavy atom. The molecule has 3 rings (SSSR count). The van der Waals surface area contributed by atoms with Gasteiger partial charge in [0, 0.05) is 4.88 Å². The second-order valence-electron chi connectivity index (χ2n) is 5.62. The molecular weight excluding hydrogens is 338 g/mol. The maximum absolute atomic E-state index is 12.3. The molecule has 0 saturated carbocycles. The normalized spacial score (nSPS) is 13.2. The van der Waals surface area contributed by atoms with Gasteiger partial charge in [0.25, 0.3) is 0 Å². The van der Waals surface area contributed by atoms with Gasteiger partial charge in [0.15, 0.2) is 5.60 Å². The van der Waals surface area contributed by atoms with E-state index in [9.17, 15) is 9.90 Å². The summed E-state index contributed by atoms with van der Waals surface area (Å²) >= 11 is 1.41. The van der Waals surface area contributed by atoms with Gasteiger partial charge in [-0.3, -0.25) is 4.79 Å². The molecule has 0 aliphatic rings. The number of ether oxygens (including phenoxy) is 1. The van der Waals surface area contributed by atoms with Crippen LogP contribution in [0.5, 0.6) is 5.75 Å². The van der Waals surface area contributed by atoms with Crippen molar-refractivity contribution in [3.05, 3.63) is 76.4 Å². The van der Waals surface area contributed by atoms with Gasteiger partial charge in [-0.25, -0.2) is 0 Å². The number of furan rings is 1. The molecule has 1 amide bonds. The lowest BCUT2D eigenvalue weighted by molar-refractivity contribution is -0.121. The molecule has 0 fully saturated rings. The van der Waals surface area contributed by atoms with Gasteiger partial charge >= 0.3 is 0 Å². The Morgan fingerprint density at radius 1 is 1.28 bits per heavy atom. The average molecular weight is 357 g/mol. The lowest BCUT2D eigenvalue weighted by Gasteiger charge is -2.25. The number of hydrogen-bond acceptors (Lipinski definition) is 5. The summed E-state index contributed by atoms with van der Waals surface area (Å²) in [5.74, 6) is 0.919. The summed E-state index contributed by atoms with van der Waals surface area (Å²) in [7, 11) is 1.59. The first-order valence-corrected chi connectivity index (χ1v) is 8.70. The smallest absolute Gasteiger partial charge is 0.224 e. The Labute approximate surface area is 149 Å². The minimum Gasteiger partial charge on any atom is -0.497 e. The molecule has 1 atom stereocenters. The predicted molar refractivity (Wildman–Crippen MR) is 95.7 cm³/mol. The lowest BCUT2D eigenvalue weighted by Crippen LogP contribution is -2.41. The number of amides is 1. The molecule has 0 aliphatic heterocycles. The monoisotopic (exact) mass is 357 g/mol. The van der Waals surface area contributed by atoms with E-state index in [4.69, 9.17) is 9.15 Å². The quantitative estimate of drug-likeness (QED) is 0.682. The molecule has 2 N–H and O–H groups in total. The number of benzene rings is 1. The first-order chi connectivity index (χ1) is 12.1. The van der Waals surface area contributed by atoms with Gasteiger partial charge in [0.05, 0.1) is 26.3 Å². The van der Waals surface area contributed by atoms with E-state index in [1.807, 2.05) is 41.8 Å². The highest BCUT2D eigenvalue weighted by molar-refractivity contribution is 7.10. The van der Waals surface area contributed by atoms with E-state index in [2.05, 4.69) is 5.32 Å². The maximum Gasteiger partial charge on any atom is 0.224 e. The summed E-state index contributed by atoms with van der Waals surface area (Å²) in [5, 5.41) is 15.8. The summed E-state index contributed by atoms with van der Waals surface area (Å²) in [6.07, 6.45) is 1.71. The highest BCUT2D eigenvalue weighted by Crippen LogP contribution is 2.32. The summed E-state index contributed by atoms with van der Waals surface area (Å²) in [6.45, 7) is 0.0316. The van der Waals surface area contributed by atoms with Gasteiger partial charge < -0.3 is 19.6 Å². The van der Waals surface area contributed by atoms with Crippen molar-refractivity contribution < 1.29 is 19.1 Å². The maximum atomic E-state index is 12.3. The van der Waals surface area contributed by atoms with Gasteiger partial charge in [-0.1, -0.05) is 18.2 Å². The van der Waals surface area contributed by atoms with Crippen molar-refractivity contribution in [2.45, 2.75) is 12.0 Å². The molecule has 2 aromatic heterocycles. The van der Waals surface area contributed by atoms with Gasteiger partial charge in [0.1, 0.15) is 11.5 Å². The highest BCUT2D eigenvalue weighted by Gasteiger charge is 2.36. The number of hydrogen-bond donors (Lipinski definition) is 2. The molecule has 0 radical (unpaired) electrons. The third-order valence-corrected chi connectivity index (χ3v) is 4.92. The second-order valence-corrected chi connectivity index (χ2v) is 6.57. The van der Waals surface area contributed by atoms with Gasteiger partial charge in [-0.15, -0.1) is 11.3 Å². The zero-order valence-electron chi connectivity index (χ0n) is 13.8. The average Bonchev–Trinajstić information content (AvgIpc) is 3.33. The first-order valence-electron chi connectivity index (χ1n) is 7.82. The summed E-state index contributed by atoms with van der Waals surface area (Å²) in [5.41, 5.74) is -0.545. The second kappa shape index (κ2) is 7.55. The molecule has 3 aromatic rings. The van der Waals surface area contributed by atoms with Crippen LogP contribution in [-0.4, -0.2) is 24.7 Å². The van der Waals surface area contributed by atoms with Crippen molar-refractivity contribution in [1.82, 2.24) is 5.32 Å². The number of carbonyl (C=O) groups excluding carboxylic acids is 1. The van der Waals surface area contributed by atoms with Crippen LogP contribution in [0.25, 0.3) is 0 Å². The van der Waals surface area contributed by atoms with Crippen molar-refractivity contribution in [3.8, 4) is 5.75 Å². The third kappa shape index (κ3) is 3.92. The summed E-state index contributed by atoms with van der Waals surface area (Å²) in [6, 6.07) is 14.4. The fraction of sp³-hybridized carbons (Fsp3) is 0.211. The standard InChI is InChI=1S/C19H19NO4S/c1-23-15-6-2-5-14(11-15)12-18(21)20-13-19(22,16-7-3-9-24-16)17-8-4-10-25-17/h2-11,22H,12-13H2,1H3,(H,20,21). The molecule has 0 bridgehead atoms. The molecule has 1 unspecified atom stereocenters. The number of rotatable bonds is 7. The number of carbonyl (C=O) groups is 1. The molecule has 2 heterocycles. The van der Waals surface area contributed by atoms with Crippen LogP contribution in [0.4, 0.5) is 0 Å². The van der Waals surface area contributed by atoms with E-state index in [0.29, 0.717) is 16.4 Å². The highest BCUT2D eigenvalue weighted by atomic mass is 32.1. The molecule has 6 heteroatoms. The van der Waals surface area contributed by atoms with Crippen LogP contribution in [0.2, 0.25) is 0 Å². The van der Waals surface area contributed by atoms with Crippen molar-refractivity contribution in [1.29, 1.82) is 0 Å². The summed E-state index contributed by atoms with van der Waals surface area (Å²) in [4.78, 5) is 13.0. The largest absolute Gasteiger partial charge is 0.497 e. The zero-order valence-corrected chi connectivity index (χ0v) is 14.6. The summed E-state index contributed by atoms with van der Waals surface area (Å²) < 4.78 is 10.6. The van der Waals surface area contributed by atoms with E-state index >= 15 is 0 Å². The van der Waals surface area contributed by atoms with E-state index in [0.717, 1.165) is 5.56 Å². The minimum atomic E-state index is -1.39. The molecule has 5 nitrogen and oxygen atoms in total. The fourth-order valence-corrected chi connectivity index (χ4v) is 3.41. The Morgan fingerprint density at radius 3 is 2.84 bits per heavy atom. The van der Waals surface area contributed by atoms with Gasteiger partial charge in [-0.05, 0) is 41.3 Å². The van der Waals surface area contributed by atoms with Crippen molar-refractivity contribution in [2.24, 2.45) is 0 Å². The fourth-order valence-electron chi connectivity index (χ4n) is 2.58. The van der Waals surface area contributed by atoms with Gasteiger partial charge in [-0.2, -0.15) is 0 Å². The molecular formula is C19H19NO4S. The SMILES string of the molecule is COc1cccc(CC(=O)NCC(O)(c2ccco2)c2cccs2)c1. The molecule has 25 heavy (non-hydrogen) atoms.